The Morgan fingerprint density at radius 2 is 2.04 bits per heavy atom. The first-order valence-electron chi connectivity index (χ1n) is 7.38. The number of benzene rings is 1. The number of aromatic nitrogens is 1. The van der Waals surface area contributed by atoms with Gasteiger partial charge in [0.15, 0.2) is 6.61 Å². The van der Waals surface area contributed by atoms with Crippen molar-refractivity contribution in [2.75, 3.05) is 13.7 Å². The number of esters is 1. The number of likely N-dealkylation sites (N-methyl/N-ethyl adjacent to an activating group) is 1. The molecule has 1 atom stereocenters. The van der Waals surface area contributed by atoms with Gasteiger partial charge in [-0.15, -0.1) is 22.7 Å². The summed E-state index contributed by atoms with van der Waals surface area (Å²) < 4.78 is 6.16. The molecule has 2 heterocycles. The highest BCUT2D eigenvalue weighted by molar-refractivity contribution is 7.18. The molecule has 0 unspecified atom stereocenters. The Hall–Kier alpha value is -2.25. The maximum atomic E-state index is 12.3. The molecular weight excluding hydrogens is 344 g/mol. The Labute approximate surface area is 147 Å². The van der Waals surface area contributed by atoms with E-state index in [0.29, 0.717) is 4.88 Å². The van der Waals surface area contributed by atoms with Crippen LogP contribution < -0.4 is 0 Å². The maximum Gasteiger partial charge on any atom is 0.348 e. The van der Waals surface area contributed by atoms with Gasteiger partial charge in [0.05, 0.1) is 16.3 Å². The summed E-state index contributed by atoms with van der Waals surface area (Å²) in [6.07, 6.45) is 0. The first-order chi connectivity index (χ1) is 11.6. The van der Waals surface area contributed by atoms with Gasteiger partial charge in [-0.25, -0.2) is 9.78 Å². The number of fused-ring (bicyclic) bond motifs is 1. The molecule has 0 bridgehead atoms. The van der Waals surface area contributed by atoms with Gasteiger partial charge in [0.2, 0.25) is 0 Å². The predicted octanol–water partition coefficient (Wildman–Crippen LogP) is 3.73. The second-order valence-electron chi connectivity index (χ2n) is 5.25. The van der Waals surface area contributed by atoms with E-state index in [-0.39, 0.29) is 18.6 Å². The van der Waals surface area contributed by atoms with Crippen LogP contribution in [-0.2, 0) is 9.53 Å². The van der Waals surface area contributed by atoms with Crippen molar-refractivity contribution in [3.63, 3.8) is 0 Å². The molecule has 0 fully saturated rings. The van der Waals surface area contributed by atoms with Crippen LogP contribution in [0.5, 0.6) is 0 Å². The Bertz CT molecular complexity index is 825. The van der Waals surface area contributed by atoms with Gasteiger partial charge >= 0.3 is 5.97 Å². The predicted molar refractivity (Wildman–Crippen MR) is 95.4 cm³/mol. The first-order valence-corrected chi connectivity index (χ1v) is 9.07. The summed E-state index contributed by atoms with van der Waals surface area (Å²) >= 11 is 2.85. The number of hydrogen-bond donors (Lipinski definition) is 0. The third-order valence-corrected chi connectivity index (χ3v) is 5.75. The molecule has 0 spiro atoms. The van der Waals surface area contributed by atoms with Crippen LogP contribution in [0.15, 0.2) is 41.8 Å². The number of thiophene rings is 1. The van der Waals surface area contributed by atoms with E-state index in [1.165, 1.54) is 11.3 Å². The number of ether oxygens (including phenoxy) is 1. The summed E-state index contributed by atoms with van der Waals surface area (Å²) in [6.45, 7) is 1.64. The van der Waals surface area contributed by atoms with Gasteiger partial charge in [0.25, 0.3) is 5.91 Å². The lowest BCUT2D eigenvalue weighted by molar-refractivity contribution is -0.135. The fourth-order valence-electron chi connectivity index (χ4n) is 2.15. The highest BCUT2D eigenvalue weighted by Gasteiger charge is 2.22. The molecule has 0 aliphatic rings. The van der Waals surface area contributed by atoms with Gasteiger partial charge in [0.1, 0.15) is 9.88 Å². The third kappa shape index (κ3) is 3.47. The van der Waals surface area contributed by atoms with Gasteiger partial charge < -0.3 is 9.64 Å². The van der Waals surface area contributed by atoms with Crippen molar-refractivity contribution in [2.45, 2.75) is 13.0 Å². The normalized spacial score (nSPS) is 12.1. The van der Waals surface area contributed by atoms with Gasteiger partial charge in [-0.05, 0) is 30.5 Å². The molecule has 124 valence electrons. The van der Waals surface area contributed by atoms with E-state index in [1.54, 1.807) is 40.8 Å². The SMILES string of the molecule is C[C@@H](c1nc2ccccc2s1)N(C)C(=O)COC(=O)c1cccs1. The van der Waals surface area contributed by atoms with E-state index >= 15 is 0 Å². The fourth-order valence-corrected chi connectivity index (χ4v) is 3.82. The average molecular weight is 360 g/mol. The number of carbonyl (C=O) groups is 2. The molecule has 0 radical (unpaired) electrons. The minimum absolute atomic E-state index is 0.185. The smallest absolute Gasteiger partial charge is 0.348 e. The van der Waals surface area contributed by atoms with E-state index in [1.807, 2.05) is 31.2 Å². The molecule has 3 rings (SSSR count). The molecule has 0 aliphatic heterocycles. The monoisotopic (exact) mass is 360 g/mol. The summed E-state index contributed by atoms with van der Waals surface area (Å²) in [5.41, 5.74) is 0.925. The van der Waals surface area contributed by atoms with E-state index < -0.39 is 5.97 Å². The molecule has 1 amide bonds. The van der Waals surface area contributed by atoms with E-state index in [0.717, 1.165) is 15.2 Å². The van der Waals surface area contributed by atoms with Crippen LogP contribution >= 0.6 is 22.7 Å². The van der Waals surface area contributed by atoms with Crippen molar-refractivity contribution < 1.29 is 14.3 Å². The molecule has 0 saturated carbocycles. The molecular formula is C17H16N2O3S2. The van der Waals surface area contributed by atoms with Crippen molar-refractivity contribution in [1.29, 1.82) is 0 Å². The van der Waals surface area contributed by atoms with Crippen LogP contribution in [0.4, 0.5) is 0 Å². The van der Waals surface area contributed by atoms with E-state index in [9.17, 15) is 9.59 Å². The maximum absolute atomic E-state index is 12.3. The Morgan fingerprint density at radius 3 is 2.75 bits per heavy atom. The number of thiazole rings is 1. The van der Waals surface area contributed by atoms with Crippen LogP contribution in [-0.4, -0.2) is 35.4 Å². The zero-order chi connectivity index (χ0) is 17.1. The van der Waals surface area contributed by atoms with Crippen molar-refractivity contribution in [1.82, 2.24) is 9.88 Å². The molecule has 3 aromatic rings. The highest BCUT2D eigenvalue weighted by atomic mass is 32.1. The topological polar surface area (TPSA) is 59.5 Å². The van der Waals surface area contributed by atoms with Gasteiger partial charge in [-0.1, -0.05) is 18.2 Å². The van der Waals surface area contributed by atoms with Crippen LogP contribution in [0.25, 0.3) is 10.2 Å². The summed E-state index contributed by atoms with van der Waals surface area (Å²) in [7, 11) is 1.69. The van der Waals surface area contributed by atoms with Crippen molar-refractivity contribution in [3.8, 4) is 0 Å². The van der Waals surface area contributed by atoms with Crippen LogP contribution in [0.1, 0.15) is 27.6 Å². The first kappa shape index (κ1) is 16.6. The Balaban J connectivity index is 1.63. The minimum atomic E-state index is -0.473. The molecule has 2 aromatic heterocycles. The molecule has 0 saturated heterocycles. The van der Waals surface area contributed by atoms with E-state index in [2.05, 4.69) is 4.98 Å². The third-order valence-electron chi connectivity index (χ3n) is 3.69. The largest absolute Gasteiger partial charge is 0.451 e. The standard InChI is InChI=1S/C17H16N2O3S2/c1-11(16-18-12-6-3-4-7-13(12)24-16)19(2)15(20)10-22-17(21)14-8-5-9-23-14/h3-9,11H,10H2,1-2H3/t11-/m0/s1. The van der Waals surface area contributed by atoms with Gasteiger partial charge in [0, 0.05) is 7.05 Å². The van der Waals surface area contributed by atoms with Gasteiger partial charge in [-0.2, -0.15) is 0 Å². The van der Waals surface area contributed by atoms with Gasteiger partial charge in [-0.3, -0.25) is 4.79 Å². The van der Waals surface area contributed by atoms with Crippen LogP contribution in [0, 0.1) is 0 Å². The number of hydrogen-bond acceptors (Lipinski definition) is 6. The fraction of sp³-hybridized carbons (Fsp3) is 0.235. The summed E-state index contributed by atoms with van der Waals surface area (Å²) in [5, 5.41) is 2.65. The summed E-state index contributed by atoms with van der Waals surface area (Å²) in [6, 6.07) is 11.1. The Morgan fingerprint density at radius 1 is 1.25 bits per heavy atom. The van der Waals surface area contributed by atoms with Crippen LogP contribution in [0.3, 0.4) is 0 Å². The summed E-state index contributed by atoms with van der Waals surface area (Å²) in [4.78, 5) is 30.7. The van der Waals surface area contributed by atoms with Crippen LogP contribution in [0.2, 0.25) is 0 Å². The van der Waals surface area contributed by atoms with Crippen molar-refractivity contribution in [3.05, 3.63) is 51.7 Å². The molecule has 1 aromatic carbocycles. The van der Waals surface area contributed by atoms with Crippen molar-refractivity contribution in [2.24, 2.45) is 0 Å². The molecule has 0 N–H and O–H groups in total. The molecule has 7 heteroatoms. The summed E-state index contributed by atoms with van der Waals surface area (Å²) in [5.74, 6) is -0.731. The quantitative estimate of drug-likeness (QED) is 0.651. The lowest BCUT2D eigenvalue weighted by Crippen LogP contribution is -2.33. The second kappa shape index (κ2) is 7.11. The minimum Gasteiger partial charge on any atom is -0.451 e. The Kier molecular flexibility index (Phi) is 4.92. The number of amides is 1. The average Bonchev–Trinajstić information content (AvgIpc) is 3.26. The zero-order valence-electron chi connectivity index (χ0n) is 13.3. The number of nitrogens with zero attached hydrogens (tertiary/aromatic N) is 2. The number of rotatable bonds is 5. The lowest BCUT2D eigenvalue weighted by atomic mass is 10.3. The van der Waals surface area contributed by atoms with E-state index in [4.69, 9.17) is 4.74 Å². The molecule has 5 nitrogen and oxygen atoms in total. The van der Waals surface area contributed by atoms with Crippen molar-refractivity contribution >= 4 is 44.8 Å². The lowest BCUT2D eigenvalue weighted by Gasteiger charge is -2.22. The zero-order valence-corrected chi connectivity index (χ0v) is 14.9. The molecule has 0 aliphatic carbocycles. The number of carbonyl (C=O) groups excluding carboxylic acids is 2. The number of para-hydroxylation sites is 1. The highest BCUT2D eigenvalue weighted by Crippen LogP contribution is 2.28. The second-order valence-corrected chi connectivity index (χ2v) is 7.26. The molecule has 24 heavy (non-hydrogen) atoms.